The van der Waals surface area contributed by atoms with Gasteiger partial charge in [0.1, 0.15) is 0 Å². The van der Waals surface area contributed by atoms with Crippen molar-refractivity contribution in [2.45, 2.75) is 6.42 Å². The zero-order valence-electron chi connectivity index (χ0n) is 11.3. The maximum absolute atomic E-state index is 11.9. The molecule has 19 heavy (non-hydrogen) atoms. The van der Waals surface area contributed by atoms with Gasteiger partial charge >= 0.3 is 0 Å². The molecule has 0 radical (unpaired) electrons. The van der Waals surface area contributed by atoms with Crippen LogP contribution in [0.15, 0.2) is 24.3 Å². The number of amides is 1. The third-order valence-corrected chi connectivity index (χ3v) is 3.39. The highest BCUT2D eigenvalue weighted by molar-refractivity contribution is 5.76. The van der Waals surface area contributed by atoms with E-state index in [1.165, 1.54) is 0 Å². The molecule has 1 aromatic rings. The van der Waals surface area contributed by atoms with E-state index in [1.807, 2.05) is 23.1 Å². The van der Waals surface area contributed by atoms with Gasteiger partial charge in [-0.1, -0.05) is 6.07 Å². The van der Waals surface area contributed by atoms with E-state index in [4.69, 9.17) is 10.5 Å². The van der Waals surface area contributed by atoms with Gasteiger partial charge in [-0.15, -0.1) is 0 Å². The zero-order chi connectivity index (χ0) is 13.7. The number of carbonyl (C=O) groups excluding carboxylic acids is 1. The number of nitrogens with two attached hydrogens (primary N) is 1. The first-order valence-corrected chi connectivity index (χ1v) is 6.58. The first kappa shape index (κ1) is 13.7. The summed E-state index contributed by atoms with van der Waals surface area (Å²) in [5.41, 5.74) is 7.69. The summed E-state index contributed by atoms with van der Waals surface area (Å²) in [6.07, 6.45) is 0.467. The number of nitrogen functional groups attached to an aromatic ring is 1. The van der Waals surface area contributed by atoms with Gasteiger partial charge in [-0.25, -0.2) is 0 Å². The van der Waals surface area contributed by atoms with Crippen molar-refractivity contribution >= 4 is 17.3 Å². The standard InChI is InChI=1S/C14H21N3O2/c1-19-10-5-14(18)17-8-6-16(7-9-17)13-4-2-3-12(15)11-13/h2-4,11H,5-10,15H2,1H3. The first-order valence-electron chi connectivity index (χ1n) is 6.58. The van der Waals surface area contributed by atoms with Gasteiger partial charge in [0.2, 0.25) is 5.91 Å². The molecule has 0 aromatic heterocycles. The Bertz CT molecular complexity index is 428. The summed E-state index contributed by atoms with van der Waals surface area (Å²) in [5.74, 6) is 0.175. The first-order chi connectivity index (χ1) is 9.20. The molecule has 0 unspecified atom stereocenters. The minimum absolute atomic E-state index is 0.175. The Morgan fingerprint density at radius 2 is 2.05 bits per heavy atom. The summed E-state index contributed by atoms with van der Waals surface area (Å²) >= 11 is 0. The fourth-order valence-corrected chi connectivity index (χ4v) is 2.28. The van der Waals surface area contributed by atoms with E-state index in [-0.39, 0.29) is 5.91 Å². The number of methoxy groups -OCH3 is 1. The number of piperazine rings is 1. The van der Waals surface area contributed by atoms with Gasteiger partial charge in [0.05, 0.1) is 13.0 Å². The van der Waals surface area contributed by atoms with E-state index in [0.717, 1.165) is 37.6 Å². The van der Waals surface area contributed by atoms with Crippen LogP contribution in [-0.4, -0.2) is 50.7 Å². The minimum Gasteiger partial charge on any atom is -0.399 e. The molecule has 0 saturated carbocycles. The molecule has 1 aromatic carbocycles. The molecule has 0 aliphatic carbocycles. The Morgan fingerprint density at radius 3 is 2.68 bits per heavy atom. The lowest BCUT2D eigenvalue weighted by Gasteiger charge is -2.36. The average molecular weight is 263 g/mol. The smallest absolute Gasteiger partial charge is 0.225 e. The average Bonchev–Trinajstić information content (AvgIpc) is 2.45. The Labute approximate surface area is 113 Å². The van der Waals surface area contributed by atoms with Crippen molar-refractivity contribution in [3.63, 3.8) is 0 Å². The lowest BCUT2D eigenvalue weighted by Crippen LogP contribution is -2.49. The number of anilines is 2. The summed E-state index contributed by atoms with van der Waals surface area (Å²) in [7, 11) is 1.62. The Morgan fingerprint density at radius 1 is 1.32 bits per heavy atom. The molecule has 1 amide bonds. The van der Waals surface area contributed by atoms with Crippen LogP contribution in [0.1, 0.15) is 6.42 Å². The minimum atomic E-state index is 0.175. The molecule has 1 saturated heterocycles. The number of benzene rings is 1. The van der Waals surface area contributed by atoms with Crippen LogP contribution in [0.5, 0.6) is 0 Å². The third kappa shape index (κ3) is 3.61. The molecule has 0 bridgehead atoms. The van der Waals surface area contributed by atoms with Crippen LogP contribution in [0.4, 0.5) is 11.4 Å². The molecule has 0 atom stereocenters. The quantitative estimate of drug-likeness (QED) is 0.822. The molecular formula is C14H21N3O2. The van der Waals surface area contributed by atoms with E-state index in [9.17, 15) is 4.79 Å². The van der Waals surface area contributed by atoms with Gasteiger partial charge in [-0.3, -0.25) is 4.79 Å². The summed E-state index contributed by atoms with van der Waals surface area (Å²) in [5, 5.41) is 0. The number of carbonyl (C=O) groups is 1. The van der Waals surface area contributed by atoms with Crippen LogP contribution in [0.2, 0.25) is 0 Å². The Hall–Kier alpha value is -1.75. The van der Waals surface area contributed by atoms with Gasteiger partial charge < -0.3 is 20.3 Å². The molecule has 2 rings (SSSR count). The van der Waals surface area contributed by atoms with Crippen LogP contribution in [0, 0.1) is 0 Å². The summed E-state index contributed by atoms with van der Waals surface area (Å²) in [6, 6.07) is 7.87. The number of ether oxygens (including phenoxy) is 1. The maximum Gasteiger partial charge on any atom is 0.225 e. The zero-order valence-corrected chi connectivity index (χ0v) is 11.3. The Balaban J connectivity index is 1.87. The summed E-state index contributed by atoms with van der Waals surface area (Å²) < 4.78 is 4.94. The molecule has 5 heteroatoms. The molecular weight excluding hydrogens is 242 g/mol. The van der Waals surface area contributed by atoms with Crippen molar-refractivity contribution < 1.29 is 9.53 Å². The second-order valence-corrected chi connectivity index (χ2v) is 4.71. The molecule has 1 heterocycles. The number of nitrogens with zero attached hydrogens (tertiary/aromatic N) is 2. The van der Waals surface area contributed by atoms with Crippen molar-refractivity contribution in [3.05, 3.63) is 24.3 Å². The van der Waals surface area contributed by atoms with Crippen molar-refractivity contribution in [2.75, 3.05) is 50.5 Å². The van der Waals surface area contributed by atoms with Crippen LogP contribution in [0.3, 0.4) is 0 Å². The Kier molecular flexibility index (Phi) is 4.63. The highest BCUT2D eigenvalue weighted by Crippen LogP contribution is 2.19. The van der Waals surface area contributed by atoms with Gasteiger partial charge in [0, 0.05) is 44.7 Å². The van der Waals surface area contributed by atoms with Crippen molar-refractivity contribution in [2.24, 2.45) is 0 Å². The van der Waals surface area contributed by atoms with Gasteiger partial charge in [-0.2, -0.15) is 0 Å². The molecule has 1 fully saturated rings. The number of hydrogen-bond donors (Lipinski definition) is 1. The fraction of sp³-hybridized carbons (Fsp3) is 0.500. The number of rotatable bonds is 4. The molecule has 2 N–H and O–H groups in total. The summed E-state index contributed by atoms with van der Waals surface area (Å²) in [6.45, 7) is 3.72. The lowest BCUT2D eigenvalue weighted by molar-refractivity contribution is -0.132. The second kappa shape index (κ2) is 6.43. The second-order valence-electron chi connectivity index (χ2n) is 4.71. The predicted octanol–water partition coefficient (Wildman–Crippen LogP) is 0.954. The van der Waals surface area contributed by atoms with E-state index in [0.29, 0.717) is 13.0 Å². The molecule has 1 aliphatic rings. The van der Waals surface area contributed by atoms with Crippen LogP contribution in [-0.2, 0) is 9.53 Å². The molecule has 0 spiro atoms. The highest BCUT2D eigenvalue weighted by Gasteiger charge is 2.20. The van der Waals surface area contributed by atoms with Crippen LogP contribution >= 0.6 is 0 Å². The normalized spacial score (nSPS) is 15.6. The third-order valence-electron chi connectivity index (χ3n) is 3.39. The number of hydrogen-bond acceptors (Lipinski definition) is 4. The molecule has 1 aliphatic heterocycles. The van der Waals surface area contributed by atoms with Crippen LogP contribution < -0.4 is 10.6 Å². The van der Waals surface area contributed by atoms with E-state index >= 15 is 0 Å². The van der Waals surface area contributed by atoms with E-state index in [2.05, 4.69) is 11.0 Å². The monoisotopic (exact) mass is 263 g/mol. The van der Waals surface area contributed by atoms with Crippen molar-refractivity contribution in [1.29, 1.82) is 0 Å². The summed E-state index contributed by atoms with van der Waals surface area (Å²) in [4.78, 5) is 16.0. The molecule has 104 valence electrons. The van der Waals surface area contributed by atoms with E-state index in [1.54, 1.807) is 7.11 Å². The highest BCUT2D eigenvalue weighted by atomic mass is 16.5. The predicted molar refractivity (Wildman–Crippen MR) is 76.1 cm³/mol. The van der Waals surface area contributed by atoms with E-state index < -0.39 is 0 Å². The largest absolute Gasteiger partial charge is 0.399 e. The maximum atomic E-state index is 11.9. The van der Waals surface area contributed by atoms with Crippen molar-refractivity contribution in [1.82, 2.24) is 4.90 Å². The van der Waals surface area contributed by atoms with Crippen molar-refractivity contribution in [3.8, 4) is 0 Å². The fourth-order valence-electron chi connectivity index (χ4n) is 2.28. The van der Waals surface area contributed by atoms with Gasteiger partial charge in [-0.05, 0) is 18.2 Å². The SMILES string of the molecule is COCCC(=O)N1CCN(c2cccc(N)c2)CC1. The molecule has 5 nitrogen and oxygen atoms in total. The van der Waals surface area contributed by atoms with Gasteiger partial charge in [0.25, 0.3) is 0 Å². The lowest BCUT2D eigenvalue weighted by atomic mass is 10.2. The topological polar surface area (TPSA) is 58.8 Å². The van der Waals surface area contributed by atoms with Gasteiger partial charge in [0.15, 0.2) is 0 Å². The van der Waals surface area contributed by atoms with Crippen LogP contribution in [0.25, 0.3) is 0 Å².